The van der Waals surface area contributed by atoms with Crippen molar-refractivity contribution in [2.45, 2.75) is 6.92 Å². The van der Waals surface area contributed by atoms with E-state index in [1.54, 1.807) is 31.5 Å². The van der Waals surface area contributed by atoms with Gasteiger partial charge in [-0.1, -0.05) is 6.07 Å². The highest BCUT2D eigenvalue weighted by atomic mass is 32.1. The Bertz CT molecular complexity index is 1170. The fraction of sp³-hybridized carbons (Fsp3) is 0.0476. The topological polar surface area (TPSA) is 66.9 Å². The highest BCUT2D eigenvalue weighted by Crippen LogP contribution is 2.29. The largest absolute Gasteiger partial charge is 0.332 e. The van der Waals surface area contributed by atoms with Crippen LogP contribution in [0.5, 0.6) is 0 Å². The third-order valence-corrected chi connectivity index (χ3v) is 4.46. The molecule has 0 amide bonds. The lowest BCUT2D eigenvalue weighted by atomic mass is 10.1. The molecule has 0 bridgehead atoms. The number of nitrogens with zero attached hydrogens (tertiary/aromatic N) is 2. The summed E-state index contributed by atoms with van der Waals surface area (Å²) in [5.41, 5.74) is 3.99. The summed E-state index contributed by atoms with van der Waals surface area (Å²) >= 11 is 5.46. The Morgan fingerprint density at radius 3 is 2.37 bits per heavy atom. The minimum Gasteiger partial charge on any atom is -0.332 e. The Balaban J connectivity index is 1.64. The minimum atomic E-state index is 0.0320. The van der Waals surface area contributed by atoms with Crippen molar-refractivity contribution in [3.8, 4) is 0 Å². The molecule has 0 aliphatic heterocycles. The molecule has 2 N–H and O–H groups in total. The molecule has 4 aromatic rings. The highest BCUT2D eigenvalue weighted by molar-refractivity contribution is 7.80. The predicted octanol–water partition coefficient (Wildman–Crippen LogP) is 4.79. The van der Waals surface area contributed by atoms with Crippen LogP contribution in [0.15, 0.2) is 67.0 Å². The van der Waals surface area contributed by atoms with Gasteiger partial charge in [-0.3, -0.25) is 14.8 Å². The lowest BCUT2D eigenvalue weighted by Gasteiger charge is -2.13. The zero-order valence-corrected chi connectivity index (χ0v) is 15.4. The number of carbonyl (C=O) groups is 1. The monoisotopic (exact) mass is 372 g/mol. The summed E-state index contributed by atoms with van der Waals surface area (Å²) < 4.78 is 0. The van der Waals surface area contributed by atoms with Gasteiger partial charge in [0.15, 0.2) is 10.9 Å². The fourth-order valence-electron chi connectivity index (χ4n) is 2.96. The van der Waals surface area contributed by atoms with Gasteiger partial charge in [0.1, 0.15) is 0 Å². The number of aromatic nitrogens is 2. The molecule has 27 heavy (non-hydrogen) atoms. The highest BCUT2D eigenvalue weighted by Gasteiger charge is 2.10. The molecule has 5 nitrogen and oxygen atoms in total. The van der Waals surface area contributed by atoms with Crippen LogP contribution in [-0.4, -0.2) is 20.9 Å². The average Bonchev–Trinajstić information content (AvgIpc) is 2.68. The van der Waals surface area contributed by atoms with Gasteiger partial charge in [0, 0.05) is 34.4 Å². The van der Waals surface area contributed by atoms with Gasteiger partial charge in [-0.25, -0.2) is 0 Å². The molecule has 0 saturated heterocycles. The summed E-state index contributed by atoms with van der Waals surface area (Å²) in [4.78, 5) is 20.4. The third kappa shape index (κ3) is 3.47. The Morgan fingerprint density at radius 2 is 1.63 bits per heavy atom. The van der Waals surface area contributed by atoms with E-state index in [-0.39, 0.29) is 5.78 Å². The molecule has 2 aromatic heterocycles. The number of ketones is 1. The summed E-state index contributed by atoms with van der Waals surface area (Å²) in [7, 11) is 0. The summed E-state index contributed by atoms with van der Waals surface area (Å²) in [5.74, 6) is 0.0320. The average molecular weight is 372 g/mol. The number of Topliss-reactive ketones (excluding diaryl/α,β-unsaturated/α-hetero) is 1. The van der Waals surface area contributed by atoms with E-state index in [1.807, 2.05) is 42.5 Å². The molecule has 4 rings (SSSR count). The molecule has 0 aliphatic carbocycles. The number of anilines is 2. The third-order valence-electron chi connectivity index (χ3n) is 4.25. The van der Waals surface area contributed by atoms with Crippen molar-refractivity contribution in [2.24, 2.45) is 0 Å². The van der Waals surface area contributed by atoms with Crippen molar-refractivity contribution in [3.05, 3.63) is 72.6 Å². The second kappa shape index (κ2) is 7.09. The minimum absolute atomic E-state index is 0.0320. The first-order chi connectivity index (χ1) is 13.1. The van der Waals surface area contributed by atoms with E-state index < -0.39 is 0 Å². The van der Waals surface area contributed by atoms with E-state index >= 15 is 0 Å². The lowest BCUT2D eigenvalue weighted by molar-refractivity contribution is 0.101. The maximum atomic E-state index is 11.4. The number of hydrogen-bond acceptors (Lipinski definition) is 4. The lowest BCUT2D eigenvalue weighted by Crippen LogP contribution is -2.19. The number of nitrogens with one attached hydrogen (secondary N) is 2. The van der Waals surface area contributed by atoms with Crippen molar-refractivity contribution in [3.63, 3.8) is 0 Å². The van der Waals surface area contributed by atoms with Gasteiger partial charge in [-0.2, -0.15) is 0 Å². The first-order valence-corrected chi connectivity index (χ1v) is 8.84. The smallest absolute Gasteiger partial charge is 0.175 e. The molecule has 132 valence electrons. The SMILES string of the molecule is CC(=O)c1ccc(NC(=S)Nc2cc3cccnc3c3cccnc23)cc1. The van der Waals surface area contributed by atoms with E-state index in [1.165, 1.54) is 0 Å². The molecule has 0 radical (unpaired) electrons. The van der Waals surface area contributed by atoms with Crippen LogP contribution < -0.4 is 10.6 Å². The standard InChI is InChI=1S/C21H16N4OS/c1-13(26)14-6-8-16(9-7-14)24-21(27)25-18-12-15-4-2-10-22-19(15)17-5-3-11-23-20(17)18/h2-12H,1H3,(H2,24,25,27). The van der Waals surface area contributed by atoms with Crippen molar-refractivity contribution >= 4 is 56.3 Å². The summed E-state index contributed by atoms with van der Waals surface area (Å²) in [6.07, 6.45) is 3.53. The van der Waals surface area contributed by atoms with Crippen LogP contribution in [0.2, 0.25) is 0 Å². The zero-order chi connectivity index (χ0) is 18.8. The van der Waals surface area contributed by atoms with Crippen molar-refractivity contribution in [1.29, 1.82) is 0 Å². The van der Waals surface area contributed by atoms with Gasteiger partial charge in [0.25, 0.3) is 0 Å². The summed E-state index contributed by atoms with van der Waals surface area (Å²) in [6.45, 7) is 1.54. The van der Waals surface area contributed by atoms with E-state index in [2.05, 4.69) is 20.6 Å². The van der Waals surface area contributed by atoms with Gasteiger partial charge in [0.2, 0.25) is 0 Å². The van der Waals surface area contributed by atoms with Crippen molar-refractivity contribution < 1.29 is 4.79 Å². The Hall–Kier alpha value is -3.38. The second-order valence-electron chi connectivity index (χ2n) is 6.11. The second-order valence-corrected chi connectivity index (χ2v) is 6.52. The maximum Gasteiger partial charge on any atom is 0.175 e. The van der Waals surface area contributed by atoms with E-state index in [0.29, 0.717) is 10.7 Å². The van der Waals surface area contributed by atoms with E-state index in [0.717, 1.165) is 33.2 Å². The van der Waals surface area contributed by atoms with Crippen LogP contribution in [0.4, 0.5) is 11.4 Å². The molecule has 6 heteroatoms. The van der Waals surface area contributed by atoms with Gasteiger partial charge < -0.3 is 10.6 Å². The quantitative estimate of drug-likeness (QED) is 0.306. The van der Waals surface area contributed by atoms with E-state index in [9.17, 15) is 4.79 Å². The van der Waals surface area contributed by atoms with E-state index in [4.69, 9.17) is 12.2 Å². The van der Waals surface area contributed by atoms with Crippen LogP contribution in [-0.2, 0) is 0 Å². The number of rotatable bonds is 3. The first-order valence-electron chi connectivity index (χ1n) is 8.43. The van der Waals surface area contributed by atoms with Crippen LogP contribution in [0.25, 0.3) is 21.8 Å². The van der Waals surface area contributed by atoms with Crippen molar-refractivity contribution in [2.75, 3.05) is 10.6 Å². The molecule has 0 spiro atoms. The summed E-state index contributed by atoms with van der Waals surface area (Å²) in [6, 6.07) is 17.0. The van der Waals surface area contributed by atoms with Crippen molar-refractivity contribution in [1.82, 2.24) is 9.97 Å². The fourth-order valence-corrected chi connectivity index (χ4v) is 3.19. The Morgan fingerprint density at radius 1 is 0.926 bits per heavy atom. The van der Waals surface area contributed by atoms with Gasteiger partial charge in [-0.15, -0.1) is 0 Å². The number of carbonyl (C=O) groups excluding carboxylic acids is 1. The van der Waals surface area contributed by atoms with Gasteiger partial charge >= 0.3 is 0 Å². The Labute approximate surface area is 161 Å². The molecule has 2 aromatic carbocycles. The van der Waals surface area contributed by atoms with Crippen LogP contribution >= 0.6 is 12.2 Å². The van der Waals surface area contributed by atoms with Crippen LogP contribution in [0.1, 0.15) is 17.3 Å². The van der Waals surface area contributed by atoms with Gasteiger partial charge in [-0.05, 0) is 67.7 Å². The summed E-state index contributed by atoms with van der Waals surface area (Å²) in [5, 5.41) is 8.78. The van der Waals surface area contributed by atoms with Gasteiger partial charge in [0.05, 0.1) is 16.7 Å². The maximum absolute atomic E-state index is 11.4. The molecular formula is C21H16N4OS. The molecule has 0 unspecified atom stereocenters. The number of thiocarbonyl (C=S) groups is 1. The Kier molecular flexibility index (Phi) is 4.48. The normalized spacial score (nSPS) is 10.7. The molecular weight excluding hydrogens is 356 g/mol. The number of fused-ring (bicyclic) bond motifs is 3. The molecule has 0 saturated carbocycles. The van der Waals surface area contributed by atoms with Crippen LogP contribution in [0, 0.1) is 0 Å². The zero-order valence-electron chi connectivity index (χ0n) is 14.6. The number of hydrogen-bond donors (Lipinski definition) is 2. The molecule has 0 fully saturated rings. The molecule has 0 atom stereocenters. The number of pyridine rings is 2. The molecule has 0 aliphatic rings. The predicted molar refractivity (Wildman–Crippen MR) is 113 cm³/mol. The van der Waals surface area contributed by atoms with Crippen LogP contribution in [0.3, 0.4) is 0 Å². The number of benzene rings is 2. The first kappa shape index (κ1) is 17.1. The molecule has 2 heterocycles.